The van der Waals surface area contributed by atoms with Crippen molar-refractivity contribution in [3.8, 4) is 5.75 Å². The molecule has 0 unspecified atom stereocenters. The Morgan fingerprint density at radius 2 is 1.63 bits per heavy atom. The molecule has 220 valence electrons. The molecule has 4 aromatic carbocycles. The summed E-state index contributed by atoms with van der Waals surface area (Å²) in [4.78, 5) is 35.2. The molecule has 0 aliphatic heterocycles. The van der Waals surface area contributed by atoms with Crippen molar-refractivity contribution in [2.24, 2.45) is 5.10 Å². The summed E-state index contributed by atoms with van der Waals surface area (Å²) >= 11 is 5.91. The summed E-state index contributed by atoms with van der Waals surface area (Å²) in [6.07, 6.45) is 1.34. The van der Waals surface area contributed by atoms with Gasteiger partial charge in [-0.25, -0.2) is 13.8 Å². The Balaban J connectivity index is 1.36. The largest absolute Gasteiger partial charge is 0.484 e. The second-order valence-corrected chi connectivity index (χ2v) is 11.1. The monoisotopic (exact) mass is 621 g/mol. The number of nitro benzene ring substituents is 1. The molecule has 0 spiro atoms. The molecule has 0 aliphatic carbocycles. The smallest absolute Gasteiger partial charge is 0.269 e. The van der Waals surface area contributed by atoms with Crippen LogP contribution in [0.4, 0.5) is 17.1 Å². The van der Waals surface area contributed by atoms with Gasteiger partial charge in [0.1, 0.15) is 12.3 Å². The molecule has 0 aromatic heterocycles. The molecule has 4 aromatic rings. The maximum absolute atomic E-state index is 13.3. The van der Waals surface area contributed by atoms with Crippen molar-refractivity contribution in [2.45, 2.75) is 4.90 Å². The first-order valence-electron chi connectivity index (χ1n) is 12.5. The fourth-order valence-electron chi connectivity index (χ4n) is 3.68. The van der Waals surface area contributed by atoms with Crippen molar-refractivity contribution in [1.82, 2.24) is 5.43 Å². The van der Waals surface area contributed by atoms with E-state index in [1.807, 2.05) is 0 Å². The van der Waals surface area contributed by atoms with E-state index in [1.165, 1.54) is 42.6 Å². The molecule has 0 radical (unpaired) electrons. The normalized spacial score (nSPS) is 11.1. The van der Waals surface area contributed by atoms with Crippen LogP contribution in [-0.2, 0) is 19.6 Å². The van der Waals surface area contributed by atoms with Gasteiger partial charge in [-0.2, -0.15) is 5.10 Å². The van der Waals surface area contributed by atoms with Crippen molar-refractivity contribution < 1.29 is 27.7 Å². The molecule has 14 heteroatoms. The molecule has 12 nitrogen and oxygen atoms in total. The van der Waals surface area contributed by atoms with Gasteiger partial charge in [0.2, 0.25) is 0 Å². The number of hydrogen-bond donors (Lipinski definition) is 2. The van der Waals surface area contributed by atoms with E-state index in [1.54, 1.807) is 54.6 Å². The molecular weight excluding hydrogens is 598 g/mol. The highest BCUT2D eigenvalue weighted by Gasteiger charge is 2.27. The third-order valence-electron chi connectivity index (χ3n) is 5.73. The highest BCUT2D eigenvalue weighted by molar-refractivity contribution is 7.92. The van der Waals surface area contributed by atoms with Gasteiger partial charge < -0.3 is 10.1 Å². The number of nitrogens with zero attached hydrogens (tertiary/aromatic N) is 3. The van der Waals surface area contributed by atoms with E-state index in [-0.39, 0.29) is 28.8 Å². The maximum atomic E-state index is 13.3. The SMILES string of the molecule is O=C(CN(c1ccc([N+](=O)[O-])cc1)S(=O)(=O)c1ccccc1)N/N=C\c1ccc(OCC(=O)Nc2cccc(Cl)c2)cc1. The van der Waals surface area contributed by atoms with Gasteiger partial charge in [-0.05, 0) is 72.3 Å². The molecule has 2 N–H and O–H groups in total. The van der Waals surface area contributed by atoms with Gasteiger partial charge in [0.05, 0.1) is 21.7 Å². The third kappa shape index (κ3) is 8.61. The van der Waals surface area contributed by atoms with Crippen LogP contribution in [0.2, 0.25) is 5.02 Å². The molecule has 0 saturated heterocycles. The van der Waals surface area contributed by atoms with Gasteiger partial charge >= 0.3 is 0 Å². The van der Waals surface area contributed by atoms with Crippen molar-refractivity contribution in [2.75, 3.05) is 22.8 Å². The number of nitro groups is 1. The number of hydrogen-bond acceptors (Lipinski definition) is 8. The van der Waals surface area contributed by atoms with E-state index in [9.17, 15) is 28.1 Å². The van der Waals surface area contributed by atoms with Crippen LogP contribution in [0.1, 0.15) is 5.56 Å². The van der Waals surface area contributed by atoms with Crippen molar-refractivity contribution in [3.63, 3.8) is 0 Å². The number of carbonyl (C=O) groups is 2. The summed E-state index contributed by atoms with van der Waals surface area (Å²) in [6.45, 7) is -0.871. The molecule has 43 heavy (non-hydrogen) atoms. The Labute approximate surface area is 251 Å². The van der Waals surface area contributed by atoms with E-state index in [4.69, 9.17) is 16.3 Å². The Morgan fingerprint density at radius 3 is 2.28 bits per heavy atom. The topological polar surface area (TPSA) is 160 Å². The lowest BCUT2D eigenvalue weighted by molar-refractivity contribution is -0.384. The lowest BCUT2D eigenvalue weighted by Crippen LogP contribution is -2.39. The fraction of sp³-hybridized carbons (Fsp3) is 0.0690. The van der Waals surface area contributed by atoms with Crippen LogP contribution in [-0.4, -0.2) is 44.5 Å². The van der Waals surface area contributed by atoms with Gasteiger partial charge in [-0.3, -0.25) is 24.0 Å². The average molecular weight is 622 g/mol. The molecule has 0 heterocycles. The second kappa shape index (κ2) is 14.1. The van der Waals surface area contributed by atoms with Crippen LogP contribution >= 0.6 is 11.6 Å². The molecule has 2 amide bonds. The van der Waals surface area contributed by atoms with Gasteiger partial charge in [0.25, 0.3) is 27.5 Å². The Bertz CT molecular complexity index is 1730. The average Bonchev–Trinajstić information content (AvgIpc) is 3.00. The summed E-state index contributed by atoms with van der Waals surface area (Å²) in [5.74, 6) is -0.695. The van der Waals surface area contributed by atoms with E-state index in [2.05, 4.69) is 15.8 Å². The molecule has 0 aliphatic rings. The zero-order valence-corrected chi connectivity index (χ0v) is 23.9. The minimum absolute atomic E-state index is 0.0606. The number of carbonyl (C=O) groups excluding carboxylic acids is 2. The minimum atomic E-state index is -4.19. The Kier molecular flexibility index (Phi) is 10.0. The lowest BCUT2D eigenvalue weighted by Gasteiger charge is -2.23. The Morgan fingerprint density at radius 1 is 0.930 bits per heavy atom. The highest BCUT2D eigenvalue weighted by atomic mass is 35.5. The first kappa shape index (κ1) is 30.7. The lowest BCUT2D eigenvalue weighted by atomic mass is 10.2. The molecular formula is C29H24ClN5O7S. The molecule has 0 atom stereocenters. The van der Waals surface area contributed by atoms with E-state index in [0.717, 1.165) is 16.4 Å². The first-order chi connectivity index (χ1) is 20.6. The number of benzene rings is 4. The second-order valence-electron chi connectivity index (χ2n) is 8.81. The first-order valence-corrected chi connectivity index (χ1v) is 14.4. The number of halogens is 1. The van der Waals surface area contributed by atoms with Crippen LogP contribution in [0.3, 0.4) is 0 Å². The van der Waals surface area contributed by atoms with Crippen molar-refractivity contribution in [3.05, 3.63) is 124 Å². The fourth-order valence-corrected chi connectivity index (χ4v) is 5.31. The van der Waals surface area contributed by atoms with Crippen LogP contribution in [0.25, 0.3) is 0 Å². The summed E-state index contributed by atoms with van der Waals surface area (Å²) in [6, 6.07) is 25.5. The van der Waals surface area contributed by atoms with Gasteiger partial charge in [0, 0.05) is 22.8 Å². The van der Waals surface area contributed by atoms with Gasteiger partial charge in [0.15, 0.2) is 6.61 Å². The minimum Gasteiger partial charge on any atom is -0.484 e. The van der Waals surface area contributed by atoms with E-state index in [0.29, 0.717) is 22.0 Å². The number of hydrazone groups is 1. The summed E-state index contributed by atoms with van der Waals surface area (Å²) in [5.41, 5.74) is 3.25. The molecule has 0 bridgehead atoms. The van der Waals surface area contributed by atoms with Gasteiger partial charge in [-0.1, -0.05) is 35.9 Å². The summed E-state index contributed by atoms with van der Waals surface area (Å²) in [7, 11) is -4.19. The number of rotatable bonds is 12. The molecule has 4 rings (SSSR count). The number of sulfonamides is 1. The van der Waals surface area contributed by atoms with E-state index < -0.39 is 27.4 Å². The van der Waals surface area contributed by atoms with E-state index >= 15 is 0 Å². The summed E-state index contributed by atoms with van der Waals surface area (Å²) < 4.78 is 33.0. The van der Waals surface area contributed by atoms with Crippen LogP contribution in [0.5, 0.6) is 5.75 Å². The quantitative estimate of drug-likeness (QED) is 0.133. The zero-order chi connectivity index (χ0) is 30.8. The highest BCUT2D eigenvalue weighted by Crippen LogP contribution is 2.25. The molecule has 0 fully saturated rings. The van der Waals surface area contributed by atoms with Crippen molar-refractivity contribution in [1.29, 1.82) is 0 Å². The maximum Gasteiger partial charge on any atom is 0.269 e. The Hall–Kier alpha value is -5.27. The number of ether oxygens (including phenoxy) is 1. The van der Waals surface area contributed by atoms with Crippen molar-refractivity contribution >= 4 is 56.7 Å². The number of nitrogens with one attached hydrogen (secondary N) is 2. The molecule has 0 saturated carbocycles. The zero-order valence-electron chi connectivity index (χ0n) is 22.3. The summed E-state index contributed by atoms with van der Waals surface area (Å²) in [5, 5.41) is 18.1. The van der Waals surface area contributed by atoms with Crippen LogP contribution in [0.15, 0.2) is 113 Å². The van der Waals surface area contributed by atoms with Crippen LogP contribution < -0.4 is 19.8 Å². The van der Waals surface area contributed by atoms with Gasteiger partial charge in [-0.15, -0.1) is 0 Å². The number of anilines is 2. The number of non-ortho nitro benzene ring substituents is 1. The third-order valence-corrected chi connectivity index (χ3v) is 7.75. The number of amides is 2. The van der Waals surface area contributed by atoms with Crippen LogP contribution in [0, 0.1) is 10.1 Å². The standard InChI is InChI=1S/C29H24ClN5O7S/c30-22-5-4-6-23(17-22)32-29(37)20-42-26-15-9-21(10-16-26)18-31-33-28(36)19-34(24-11-13-25(14-12-24)35(38)39)43(40,41)27-7-2-1-3-8-27/h1-18H,19-20H2,(H,32,37)(H,33,36)/b31-18-. The predicted octanol–water partition coefficient (Wildman–Crippen LogP) is 4.61. The predicted molar refractivity (Wildman–Crippen MR) is 162 cm³/mol.